The van der Waals surface area contributed by atoms with Gasteiger partial charge < -0.3 is 5.32 Å². The molecular formula is C13H22N2S. The Balaban J connectivity index is 1.67. The predicted octanol–water partition coefficient (Wildman–Crippen LogP) is 3.16. The molecule has 1 saturated carbocycles. The van der Waals surface area contributed by atoms with Crippen molar-refractivity contribution in [3.05, 3.63) is 16.1 Å². The van der Waals surface area contributed by atoms with Gasteiger partial charge in [0.15, 0.2) is 0 Å². The van der Waals surface area contributed by atoms with Gasteiger partial charge >= 0.3 is 0 Å². The summed E-state index contributed by atoms with van der Waals surface area (Å²) in [6.07, 6.45) is 6.78. The minimum absolute atomic E-state index is 0.683. The average molecular weight is 238 g/mol. The molecule has 1 aromatic heterocycles. The number of aromatic nitrogens is 1. The molecule has 3 heteroatoms. The maximum absolute atomic E-state index is 4.48. The summed E-state index contributed by atoms with van der Waals surface area (Å²) in [6, 6.07) is 0.683. The van der Waals surface area contributed by atoms with Crippen molar-refractivity contribution in [1.29, 1.82) is 0 Å². The Bertz CT molecular complexity index is 315. The normalized spacial score (nSPS) is 19.1. The Morgan fingerprint density at radius 2 is 2.25 bits per heavy atom. The number of hydrogen-bond donors (Lipinski definition) is 1. The largest absolute Gasteiger partial charge is 0.314 e. The van der Waals surface area contributed by atoms with Crippen molar-refractivity contribution >= 4 is 11.3 Å². The lowest BCUT2D eigenvalue weighted by Gasteiger charge is -2.20. The van der Waals surface area contributed by atoms with Crippen molar-refractivity contribution in [1.82, 2.24) is 10.3 Å². The van der Waals surface area contributed by atoms with Crippen molar-refractivity contribution in [2.75, 3.05) is 6.54 Å². The third-order valence-corrected chi connectivity index (χ3v) is 4.44. The van der Waals surface area contributed by atoms with Crippen molar-refractivity contribution in [2.45, 2.75) is 52.0 Å². The van der Waals surface area contributed by atoms with Gasteiger partial charge in [0.05, 0.1) is 10.7 Å². The van der Waals surface area contributed by atoms with Crippen LogP contribution >= 0.6 is 11.3 Å². The SMILES string of the molecule is Cc1nc(CCNC(C)C2CCCC2)cs1. The van der Waals surface area contributed by atoms with Crippen LogP contribution in [0.3, 0.4) is 0 Å². The van der Waals surface area contributed by atoms with E-state index in [1.165, 1.54) is 36.4 Å². The molecule has 0 spiro atoms. The first-order chi connectivity index (χ1) is 7.75. The van der Waals surface area contributed by atoms with E-state index in [9.17, 15) is 0 Å². The molecule has 0 aliphatic heterocycles. The van der Waals surface area contributed by atoms with E-state index in [1.807, 2.05) is 0 Å². The quantitative estimate of drug-likeness (QED) is 0.852. The summed E-state index contributed by atoms with van der Waals surface area (Å²) in [5.74, 6) is 0.914. The second-order valence-corrected chi connectivity index (χ2v) is 5.96. The zero-order valence-electron chi connectivity index (χ0n) is 10.3. The van der Waals surface area contributed by atoms with Crippen LogP contribution in [0.2, 0.25) is 0 Å². The monoisotopic (exact) mass is 238 g/mol. The molecule has 0 saturated heterocycles. The first-order valence-electron chi connectivity index (χ1n) is 6.40. The van der Waals surface area contributed by atoms with Crippen molar-refractivity contribution in [3.63, 3.8) is 0 Å². The molecule has 1 heterocycles. The Kier molecular flexibility index (Phi) is 4.36. The van der Waals surface area contributed by atoms with Crippen molar-refractivity contribution in [2.24, 2.45) is 5.92 Å². The van der Waals surface area contributed by atoms with Gasteiger partial charge in [0.25, 0.3) is 0 Å². The summed E-state index contributed by atoms with van der Waals surface area (Å²) < 4.78 is 0. The standard InChI is InChI=1S/C13H22N2S/c1-10(12-5-3-4-6-12)14-8-7-13-9-16-11(2)15-13/h9-10,12,14H,3-8H2,1-2H3. The molecule has 2 nitrogen and oxygen atoms in total. The van der Waals surface area contributed by atoms with Gasteiger partial charge in [-0.2, -0.15) is 0 Å². The number of aryl methyl sites for hydroxylation is 1. The lowest BCUT2D eigenvalue weighted by molar-refractivity contribution is 0.383. The average Bonchev–Trinajstić information content (AvgIpc) is 2.89. The lowest BCUT2D eigenvalue weighted by atomic mass is 10.00. The fraction of sp³-hybridized carbons (Fsp3) is 0.769. The fourth-order valence-corrected chi connectivity index (χ4v) is 3.22. The van der Waals surface area contributed by atoms with Gasteiger partial charge in [-0.05, 0) is 32.6 Å². The van der Waals surface area contributed by atoms with E-state index in [4.69, 9.17) is 0 Å². The Hall–Kier alpha value is -0.410. The van der Waals surface area contributed by atoms with Crippen LogP contribution in [0.5, 0.6) is 0 Å². The third-order valence-electron chi connectivity index (χ3n) is 3.62. The second kappa shape index (κ2) is 5.78. The molecule has 0 bridgehead atoms. The van der Waals surface area contributed by atoms with Crippen LogP contribution in [0.15, 0.2) is 5.38 Å². The highest BCUT2D eigenvalue weighted by Crippen LogP contribution is 2.27. The molecule has 16 heavy (non-hydrogen) atoms. The van der Waals surface area contributed by atoms with Gasteiger partial charge in [0, 0.05) is 24.4 Å². The summed E-state index contributed by atoms with van der Waals surface area (Å²) in [5, 5.41) is 7.00. The number of thiazole rings is 1. The van der Waals surface area contributed by atoms with Crippen molar-refractivity contribution < 1.29 is 0 Å². The third kappa shape index (κ3) is 3.29. The molecule has 1 N–H and O–H groups in total. The second-order valence-electron chi connectivity index (χ2n) is 4.90. The summed E-state index contributed by atoms with van der Waals surface area (Å²) >= 11 is 1.75. The van der Waals surface area contributed by atoms with Gasteiger partial charge in [-0.3, -0.25) is 0 Å². The van der Waals surface area contributed by atoms with E-state index in [-0.39, 0.29) is 0 Å². The number of hydrogen-bond acceptors (Lipinski definition) is 3. The zero-order valence-corrected chi connectivity index (χ0v) is 11.1. The molecule has 2 rings (SSSR count). The molecule has 0 radical (unpaired) electrons. The molecule has 0 amide bonds. The zero-order chi connectivity index (χ0) is 11.4. The Morgan fingerprint density at radius 1 is 1.50 bits per heavy atom. The van der Waals surface area contributed by atoms with E-state index < -0.39 is 0 Å². The highest BCUT2D eigenvalue weighted by molar-refractivity contribution is 7.09. The summed E-state index contributed by atoms with van der Waals surface area (Å²) in [6.45, 7) is 5.48. The molecule has 1 fully saturated rings. The van der Waals surface area contributed by atoms with E-state index in [0.717, 1.165) is 18.9 Å². The molecular weight excluding hydrogens is 216 g/mol. The fourth-order valence-electron chi connectivity index (χ4n) is 2.58. The van der Waals surface area contributed by atoms with Crippen LogP contribution in [0, 0.1) is 12.8 Å². The summed E-state index contributed by atoms with van der Waals surface area (Å²) in [4.78, 5) is 4.48. The van der Waals surface area contributed by atoms with Crippen molar-refractivity contribution in [3.8, 4) is 0 Å². The topological polar surface area (TPSA) is 24.9 Å². The smallest absolute Gasteiger partial charge is 0.0897 e. The Labute approximate surface area is 102 Å². The van der Waals surface area contributed by atoms with Crippen LogP contribution in [-0.4, -0.2) is 17.6 Å². The maximum atomic E-state index is 4.48. The van der Waals surface area contributed by atoms with Gasteiger partial charge in [0.2, 0.25) is 0 Å². The van der Waals surface area contributed by atoms with Gasteiger partial charge in [-0.15, -0.1) is 11.3 Å². The lowest BCUT2D eigenvalue weighted by Crippen LogP contribution is -2.33. The first kappa shape index (κ1) is 12.1. The van der Waals surface area contributed by atoms with E-state index >= 15 is 0 Å². The van der Waals surface area contributed by atoms with Crippen LogP contribution in [-0.2, 0) is 6.42 Å². The highest BCUT2D eigenvalue weighted by Gasteiger charge is 2.20. The molecule has 1 unspecified atom stereocenters. The summed E-state index contributed by atoms with van der Waals surface area (Å²) in [5.41, 5.74) is 1.24. The molecule has 1 aliphatic rings. The van der Waals surface area contributed by atoms with Crippen LogP contribution < -0.4 is 5.32 Å². The molecule has 1 aromatic rings. The predicted molar refractivity (Wildman–Crippen MR) is 70.0 cm³/mol. The van der Waals surface area contributed by atoms with Crippen LogP contribution in [0.4, 0.5) is 0 Å². The van der Waals surface area contributed by atoms with Crippen LogP contribution in [0.25, 0.3) is 0 Å². The Morgan fingerprint density at radius 3 is 2.88 bits per heavy atom. The molecule has 1 aliphatic carbocycles. The number of nitrogens with zero attached hydrogens (tertiary/aromatic N) is 1. The minimum Gasteiger partial charge on any atom is -0.314 e. The van der Waals surface area contributed by atoms with E-state index in [1.54, 1.807) is 11.3 Å². The molecule has 1 atom stereocenters. The molecule has 0 aromatic carbocycles. The van der Waals surface area contributed by atoms with Crippen LogP contribution in [0.1, 0.15) is 43.3 Å². The first-order valence-corrected chi connectivity index (χ1v) is 7.28. The highest BCUT2D eigenvalue weighted by atomic mass is 32.1. The maximum Gasteiger partial charge on any atom is 0.0897 e. The molecule has 90 valence electrons. The van der Waals surface area contributed by atoms with Gasteiger partial charge in [0.1, 0.15) is 0 Å². The number of rotatable bonds is 5. The minimum atomic E-state index is 0.683. The van der Waals surface area contributed by atoms with Gasteiger partial charge in [-0.1, -0.05) is 12.8 Å². The van der Waals surface area contributed by atoms with E-state index in [0.29, 0.717) is 6.04 Å². The van der Waals surface area contributed by atoms with E-state index in [2.05, 4.69) is 29.5 Å². The summed E-state index contributed by atoms with van der Waals surface area (Å²) in [7, 11) is 0. The van der Waals surface area contributed by atoms with Gasteiger partial charge in [-0.25, -0.2) is 4.98 Å². The number of nitrogens with one attached hydrogen (secondary N) is 1.